The summed E-state index contributed by atoms with van der Waals surface area (Å²) in [4.78, 5) is 0. The van der Waals surface area contributed by atoms with Gasteiger partial charge in [0.2, 0.25) is 0 Å². The van der Waals surface area contributed by atoms with Crippen LogP contribution in [0.1, 0.15) is 5.69 Å². The Bertz CT molecular complexity index is 546. The summed E-state index contributed by atoms with van der Waals surface area (Å²) < 4.78 is 28.3. The van der Waals surface area contributed by atoms with Crippen molar-refractivity contribution >= 4 is 5.69 Å². The van der Waals surface area contributed by atoms with Gasteiger partial charge >= 0.3 is 0 Å². The van der Waals surface area contributed by atoms with Gasteiger partial charge in [-0.05, 0) is 19.1 Å². The number of hydrogen-bond donors (Lipinski definition) is 1. The minimum atomic E-state index is -0.747. The van der Waals surface area contributed by atoms with E-state index >= 15 is 0 Å². The van der Waals surface area contributed by atoms with Gasteiger partial charge in [-0.15, -0.1) is 0 Å². The number of nitrogens with two attached hydrogens (primary N) is 1. The van der Waals surface area contributed by atoms with Gasteiger partial charge in [0.25, 0.3) is 0 Å². The highest BCUT2D eigenvalue weighted by molar-refractivity contribution is 5.70. The molecule has 0 aliphatic carbocycles. The van der Waals surface area contributed by atoms with Gasteiger partial charge < -0.3 is 5.73 Å². The molecule has 0 fully saturated rings. The monoisotopic (exact) mass is 223 g/mol. The molecule has 5 heteroatoms. The summed E-state index contributed by atoms with van der Waals surface area (Å²) in [7, 11) is 1.74. The van der Waals surface area contributed by atoms with Gasteiger partial charge in [0.1, 0.15) is 11.5 Å². The Morgan fingerprint density at radius 3 is 2.50 bits per heavy atom. The van der Waals surface area contributed by atoms with E-state index < -0.39 is 17.3 Å². The molecular formula is C11H11F2N3. The third-order valence-electron chi connectivity index (χ3n) is 2.43. The van der Waals surface area contributed by atoms with E-state index in [1.807, 2.05) is 0 Å². The summed E-state index contributed by atoms with van der Waals surface area (Å²) >= 11 is 0. The predicted octanol–water partition coefficient (Wildman–Crippen LogP) is 2.26. The average Bonchev–Trinajstić information content (AvgIpc) is 2.55. The molecule has 3 nitrogen and oxygen atoms in total. The van der Waals surface area contributed by atoms with Crippen LogP contribution in [0.5, 0.6) is 0 Å². The van der Waals surface area contributed by atoms with Gasteiger partial charge in [0, 0.05) is 24.4 Å². The number of aromatic nitrogens is 2. The Labute approximate surface area is 91.5 Å². The van der Waals surface area contributed by atoms with Gasteiger partial charge in [0.15, 0.2) is 5.82 Å². The van der Waals surface area contributed by atoms with Crippen LogP contribution in [-0.4, -0.2) is 9.78 Å². The van der Waals surface area contributed by atoms with E-state index in [0.29, 0.717) is 11.3 Å². The predicted molar refractivity (Wildman–Crippen MR) is 57.7 cm³/mol. The number of halogens is 2. The highest BCUT2D eigenvalue weighted by atomic mass is 19.1. The Morgan fingerprint density at radius 1 is 1.25 bits per heavy atom. The summed E-state index contributed by atoms with van der Waals surface area (Å²) in [6, 6.07) is 2.52. The fraction of sp³-hybridized carbons (Fsp3) is 0.182. The van der Waals surface area contributed by atoms with E-state index in [-0.39, 0.29) is 5.56 Å². The molecule has 0 bridgehead atoms. The van der Waals surface area contributed by atoms with Crippen LogP contribution in [-0.2, 0) is 7.05 Å². The zero-order chi connectivity index (χ0) is 11.9. The van der Waals surface area contributed by atoms with Gasteiger partial charge in [-0.1, -0.05) is 0 Å². The molecule has 0 aliphatic heterocycles. The Morgan fingerprint density at radius 2 is 1.94 bits per heavy atom. The number of nitrogens with zero attached hydrogens (tertiary/aromatic N) is 2. The summed E-state index contributed by atoms with van der Waals surface area (Å²) in [5, 5.41) is 4.10. The number of nitrogen functional groups attached to an aromatic ring is 1. The standard InChI is InChI=1S/C11H11F2N3/c1-6-8(5-16(2)15-6)7-3-4-9(12)11(14)10(7)13/h3-5H,14H2,1-2H3. The lowest BCUT2D eigenvalue weighted by atomic mass is 10.1. The molecule has 2 aromatic rings. The first-order valence-electron chi connectivity index (χ1n) is 4.75. The van der Waals surface area contributed by atoms with Crippen molar-refractivity contribution in [1.29, 1.82) is 0 Å². The van der Waals surface area contributed by atoms with Gasteiger partial charge in [-0.25, -0.2) is 8.78 Å². The van der Waals surface area contributed by atoms with Crippen LogP contribution in [0.15, 0.2) is 18.3 Å². The molecule has 2 N–H and O–H groups in total. The number of hydrogen-bond acceptors (Lipinski definition) is 2. The second-order valence-corrected chi connectivity index (χ2v) is 3.62. The van der Waals surface area contributed by atoms with Crippen molar-refractivity contribution < 1.29 is 8.78 Å². The van der Waals surface area contributed by atoms with Crippen LogP contribution in [0.4, 0.5) is 14.5 Å². The molecule has 0 saturated heterocycles. The van der Waals surface area contributed by atoms with E-state index in [9.17, 15) is 8.78 Å². The lowest BCUT2D eigenvalue weighted by Crippen LogP contribution is -1.97. The van der Waals surface area contributed by atoms with Crippen LogP contribution >= 0.6 is 0 Å². The molecule has 1 aromatic heterocycles. The van der Waals surface area contributed by atoms with Gasteiger partial charge in [0.05, 0.1) is 5.69 Å². The minimum Gasteiger partial charge on any atom is -0.394 e. The smallest absolute Gasteiger partial charge is 0.157 e. The van der Waals surface area contributed by atoms with Crippen LogP contribution < -0.4 is 5.73 Å². The molecule has 0 amide bonds. The van der Waals surface area contributed by atoms with Gasteiger partial charge in [-0.3, -0.25) is 4.68 Å². The number of aryl methyl sites for hydroxylation is 2. The van der Waals surface area contributed by atoms with E-state index in [0.717, 1.165) is 6.07 Å². The first kappa shape index (κ1) is 10.6. The quantitative estimate of drug-likeness (QED) is 0.753. The summed E-state index contributed by atoms with van der Waals surface area (Å²) in [5.74, 6) is -1.49. The largest absolute Gasteiger partial charge is 0.394 e. The van der Waals surface area contributed by atoms with E-state index in [4.69, 9.17) is 5.73 Å². The second kappa shape index (κ2) is 3.59. The molecule has 0 radical (unpaired) electrons. The van der Waals surface area contributed by atoms with Crippen molar-refractivity contribution in [2.75, 3.05) is 5.73 Å². The maximum absolute atomic E-state index is 13.7. The van der Waals surface area contributed by atoms with Gasteiger partial charge in [-0.2, -0.15) is 5.10 Å². The fourth-order valence-electron chi connectivity index (χ4n) is 1.64. The number of anilines is 1. The minimum absolute atomic E-state index is 0.268. The first-order chi connectivity index (χ1) is 7.50. The molecule has 0 unspecified atom stereocenters. The second-order valence-electron chi connectivity index (χ2n) is 3.62. The maximum atomic E-state index is 13.7. The SMILES string of the molecule is Cc1nn(C)cc1-c1ccc(F)c(N)c1F. The molecule has 1 aromatic carbocycles. The zero-order valence-electron chi connectivity index (χ0n) is 8.96. The van der Waals surface area contributed by atoms with Crippen molar-refractivity contribution in [2.24, 2.45) is 7.05 Å². The maximum Gasteiger partial charge on any atom is 0.157 e. The highest BCUT2D eigenvalue weighted by Gasteiger charge is 2.15. The topological polar surface area (TPSA) is 43.8 Å². The van der Waals surface area contributed by atoms with Crippen molar-refractivity contribution in [2.45, 2.75) is 6.92 Å². The third kappa shape index (κ3) is 1.54. The number of rotatable bonds is 1. The average molecular weight is 223 g/mol. The van der Waals surface area contributed by atoms with E-state index in [1.54, 1.807) is 24.9 Å². The summed E-state index contributed by atoms with van der Waals surface area (Å²) in [5.41, 5.74) is 6.40. The molecule has 84 valence electrons. The van der Waals surface area contributed by atoms with Crippen LogP contribution in [0.3, 0.4) is 0 Å². The Balaban J connectivity index is 2.65. The third-order valence-corrected chi connectivity index (χ3v) is 2.43. The van der Waals surface area contributed by atoms with E-state index in [1.165, 1.54) is 6.07 Å². The zero-order valence-corrected chi connectivity index (χ0v) is 8.96. The van der Waals surface area contributed by atoms with Crippen LogP contribution in [0.25, 0.3) is 11.1 Å². The van der Waals surface area contributed by atoms with Crippen molar-refractivity contribution in [3.8, 4) is 11.1 Å². The molecule has 1 heterocycles. The fourth-order valence-corrected chi connectivity index (χ4v) is 1.64. The van der Waals surface area contributed by atoms with Crippen molar-refractivity contribution in [1.82, 2.24) is 9.78 Å². The van der Waals surface area contributed by atoms with E-state index in [2.05, 4.69) is 5.10 Å². The highest BCUT2D eigenvalue weighted by Crippen LogP contribution is 2.29. The van der Waals surface area contributed by atoms with Crippen molar-refractivity contribution in [3.05, 3.63) is 35.7 Å². The lowest BCUT2D eigenvalue weighted by molar-refractivity contribution is 0.594. The van der Waals surface area contributed by atoms with Crippen LogP contribution in [0.2, 0.25) is 0 Å². The first-order valence-corrected chi connectivity index (χ1v) is 4.75. The molecule has 0 atom stereocenters. The van der Waals surface area contributed by atoms with Crippen LogP contribution in [0, 0.1) is 18.6 Å². The summed E-state index contributed by atoms with van der Waals surface area (Å²) in [6.07, 6.45) is 1.67. The molecular weight excluding hydrogens is 212 g/mol. The molecule has 2 rings (SSSR count). The van der Waals surface area contributed by atoms with Crippen molar-refractivity contribution in [3.63, 3.8) is 0 Å². The summed E-state index contributed by atoms with van der Waals surface area (Å²) in [6.45, 7) is 1.76. The number of benzene rings is 1. The normalized spacial score (nSPS) is 10.8. The molecule has 0 aliphatic rings. The molecule has 0 spiro atoms. The lowest BCUT2D eigenvalue weighted by Gasteiger charge is -2.04. The Hall–Kier alpha value is -1.91. The Kier molecular flexibility index (Phi) is 2.38. The molecule has 16 heavy (non-hydrogen) atoms. The molecule has 0 saturated carbocycles.